The molecule has 3 rings (SSSR count). The van der Waals surface area contributed by atoms with Crippen LogP contribution >= 0.6 is 11.6 Å². The number of fused-ring (bicyclic) bond motifs is 1. The third-order valence-corrected chi connectivity index (χ3v) is 4.36. The maximum atomic E-state index is 12.7. The molecule has 0 fully saturated rings. The molecule has 0 aliphatic rings. The summed E-state index contributed by atoms with van der Waals surface area (Å²) >= 11 is 6.34. The molecule has 25 heavy (non-hydrogen) atoms. The van der Waals surface area contributed by atoms with E-state index in [0.717, 1.165) is 35.0 Å². The molecule has 0 unspecified atom stereocenters. The quantitative estimate of drug-likeness (QED) is 0.655. The van der Waals surface area contributed by atoms with Gasteiger partial charge in [0.25, 0.3) is 5.91 Å². The average Bonchev–Trinajstić information content (AvgIpc) is 3.27. The van der Waals surface area contributed by atoms with Gasteiger partial charge in [-0.05, 0) is 18.6 Å². The van der Waals surface area contributed by atoms with Crippen molar-refractivity contribution in [3.05, 3.63) is 41.4 Å². The third kappa shape index (κ3) is 3.37. The highest BCUT2D eigenvalue weighted by Crippen LogP contribution is 2.34. The number of nitriles is 1. The zero-order chi connectivity index (χ0) is 17.8. The molecule has 7 heteroatoms. The van der Waals surface area contributed by atoms with Crippen molar-refractivity contribution in [3.63, 3.8) is 0 Å². The SMILES string of the molecule is CCCCN(CC#N)C(=O)c1cc(-c2c(Cl)cnc3[nH]ccc23)c[nH]1. The number of hydrogen-bond acceptors (Lipinski definition) is 3. The van der Waals surface area contributed by atoms with Gasteiger partial charge in [-0.3, -0.25) is 4.79 Å². The van der Waals surface area contributed by atoms with Crippen LogP contribution < -0.4 is 0 Å². The average molecular weight is 356 g/mol. The Balaban J connectivity index is 1.94. The molecule has 0 atom stereocenters. The molecule has 128 valence electrons. The van der Waals surface area contributed by atoms with Crippen LogP contribution in [0.1, 0.15) is 30.3 Å². The first-order valence-electron chi connectivity index (χ1n) is 8.12. The Labute approximate surface area is 150 Å². The summed E-state index contributed by atoms with van der Waals surface area (Å²) in [6, 6.07) is 5.73. The number of hydrogen-bond donors (Lipinski definition) is 2. The fraction of sp³-hybridized carbons (Fsp3) is 0.278. The molecule has 3 aromatic heterocycles. The van der Waals surface area contributed by atoms with E-state index >= 15 is 0 Å². The van der Waals surface area contributed by atoms with Gasteiger partial charge in [-0.1, -0.05) is 24.9 Å². The van der Waals surface area contributed by atoms with Gasteiger partial charge in [-0.25, -0.2) is 4.98 Å². The number of H-pyrrole nitrogens is 2. The van der Waals surface area contributed by atoms with Gasteiger partial charge in [0, 0.05) is 41.6 Å². The topological polar surface area (TPSA) is 88.6 Å². The van der Waals surface area contributed by atoms with E-state index in [1.807, 2.05) is 6.07 Å². The normalized spacial score (nSPS) is 10.8. The smallest absolute Gasteiger partial charge is 0.271 e. The zero-order valence-electron chi connectivity index (χ0n) is 13.8. The Hall–Kier alpha value is -2.78. The molecule has 1 amide bonds. The molecule has 0 aromatic carbocycles. The van der Waals surface area contributed by atoms with Gasteiger partial charge in [-0.2, -0.15) is 5.26 Å². The number of aromatic nitrogens is 3. The molecule has 0 bridgehead atoms. The summed E-state index contributed by atoms with van der Waals surface area (Å²) in [6.45, 7) is 2.69. The predicted molar refractivity (Wildman–Crippen MR) is 97.3 cm³/mol. The minimum absolute atomic E-state index is 0.0747. The van der Waals surface area contributed by atoms with Crippen LogP contribution in [0, 0.1) is 11.3 Å². The zero-order valence-corrected chi connectivity index (χ0v) is 14.6. The molecule has 6 nitrogen and oxygen atoms in total. The first-order valence-corrected chi connectivity index (χ1v) is 8.50. The van der Waals surface area contributed by atoms with Crippen molar-refractivity contribution in [1.82, 2.24) is 19.9 Å². The monoisotopic (exact) mass is 355 g/mol. The van der Waals surface area contributed by atoms with Gasteiger partial charge in [0.15, 0.2) is 0 Å². The third-order valence-electron chi connectivity index (χ3n) is 4.07. The first-order chi connectivity index (χ1) is 12.2. The van der Waals surface area contributed by atoms with Crippen LogP contribution in [0.3, 0.4) is 0 Å². The summed E-state index contributed by atoms with van der Waals surface area (Å²) in [7, 11) is 0. The molecule has 0 saturated heterocycles. The summed E-state index contributed by atoms with van der Waals surface area (Å²) in [4.78, 5) is 24.5. The van der Waals surface area contributed by atoms with Gasteiger partial charge in [0.2, 0.25) is 0 Å². The number of carbonyl (C=O) groups is 1. The van der Waals surface area contributed by atoms with E-state index < -0.39 is 0 Å². The standard InChI is InChI=1S/C18H18ClN5O/c1-2-3-7-24(8-5-20)18(25)15-9-12(10-22-15)16-13-4-6-21-17(13)23-11-14(16)19/h4,6,9-11,22H,2-3,7-8H2,1H3,(H,21,23). The van der Waals surface area contributed by atoms with E-state index in [1.54, 1.807) is 29.6 Å². The van der Waals surface area contributed by atoms with Crippen molar-refractivity contribution in [2.75, 3.05) is 13.1 Å². The number of pyridine rings is 1. The largest absolute Gasteiger partial charge is 0.357 e. The van der Waals surface area contributed by atoms with Crippen molar-refractivity contribution in [2.45, 2.75) is 19.8 Å². The van der Waals surface area contributed by atoms with Crippen LogP contribution in [0.25, 0.3) is 22.2 Å². The Morgan fingerprint density at radius 2 is 2.28 bits per heavy atom. The lowest BCUT2D eigenvalue weighted by Gasteiger charge is -2.18. The summed E-state index contributed by atoms with van der Waals surface area (Å²) < 4.78 is 0. The highest BCUT2D eigenvalue weighted by Gasteiger charge is 2.19. The maximum absolute atomic E-state index is 12.7. The fourth-order valence-corrected chi connectivity index (χ4v) is 3.06. The number of halogens is 1. The van der Waals surface area contributed by atoms with Gasteiger partial charge in [0.05, 0.1) is 11.1 Å². The van der Waals surface area contributed by atoms with Crippen LogP contribution in [0.2, 0.25) is 5.02 Å². The predicted octanol–water partition coefficient (Wildman–Crippen LogP) is 3.98. The molecule has 0 aliphatic carbocycles. The lowest BCUT2D eigenvalue weighted by Crippen LogP contribution is -2.32. The van der Waals surface area contributed by atoms with Crippen LogP contribution in [0.5, 0.6) is 0 Å². The van der Waals surface area contributed by atoms with Gasteiger partial charge < -0.3 is 14.9 Å². The molecule has 0 spiro atoms. The summed E-state index contributed by atoms with van der Waals surface area (Å²) in [5.41, 5.74) is 2.82. The molecule has 0 aliphatic heterocycles. The Morgan fingerprint density at radius 3 is 3.04 bits per heavy atom. The number of amides is 1. The molecular formula is C18H18ClN5O. The first kappa shape index (κ1) is 17.1. The van der Waals surface area contributed by atoms with E-state index in [0.29, 0.717) is 17.3 Å². The van der Waals surface area contributed by atoms with E-state index in [9.17, 15) is 4.79 Å². The Morgan fingerprint density at radius 1 is 1.44 bits per heavy atom. The van der Waals surface area contributed by atoms with Gasteiger partial charge in [-0.15, -0.1) is 0 Å². The highest BCUT2D eigenvalue weighted by atomic mass is 35.5. The fourth-order valence-electron chi connectivity index (χ4n) is 2.80. The van der Waals surface area contributed by atoms with E-state index in [1.165, 1.54) is 0 Å². The second-order valence-electron chi connectivity index (χ2n) is 5.76. The molecule has 2 N–H and O–H groups in total. The number of carbonyl (C=O) groups excluding carboxylic acids is 1. The molecule has 0 saturated carbocycles. The van der Waals surface area contributed by atoms with Crippen LogP contribution in [0.4, 0.5) is 0 Å². The highest BCUT2D eigenvalue weighted by molar-refractivity contribution is 6.34. The minimum atomic E-state index is -0.184. The second kappa shape index (κ2) is 7.41. The lowest BCUT2D eigenvalue weighted by molar-refractivity contribution is 0.0769. The van der Waals surface area contributed by atoms with Crippen molar-refractivity contribution in [3.8, 4) is 17.2 Å². The van der Waals surface area contributed by atoms with Crippen molar-refractivity contribution in [2.24, 2.45) is 0 Å². The van der Waals surface area contributed by atoms with Crippen LogP contribution in [-0.4, -0.2) is 38.8 Å². The maximum Gasteiger partial charge on any atom is 0.271 e. The van der Waals surface area contributed by atoms with Crippen molar-refractivity contribution < 1.29 is 4.79 Å². The van der Waals surface area contributed by atoms with Gasteiger partial charge >= 0.3 is 0 Å². The van der Waals surface area contributed by atoms with E-state index in [4.69, 9.17) is 16.9 Å². The second-order valence-corrected chi connectivity index (χ2v) is 6.17. The summed E-state index contributed by atoms with van der Waals surface area (Å²) in [5, 5.41) is 10.4. The number of nitrogens with zero attached hydrogens (tertiary/aromatic N) is 3. The molecule has 3 heterocycles. The van der Waals surface area contributed by atoms with Crippen LogP contribution in [-0.2, 0) is 0 Å². The van der Waals surface area contributed by atoms with Crippen molar-refractivity contribution in [1.29, 1.82) is 5.26 Å². The molecular weight excluding hydrogens is 338 g/mol. The minimum Gasteiger partial charge on any atom is -0.357 e. The Kier molecular flexibility index (Phi) is 5.05. The van der Waals surface area contributed by atoms with Gasteiger partial charge in [0.1, 0.15) is 17.9 Å². The molecule has 3 aromatic rings. The number of aromatic amines is 2. The van der Waals surface area contributed by atoms with Crippen LogP contribution in [0.15, 0.2) is 30.7 Å². The summed E-state index contributed by atoms with van der Waals surface area (Å²) in [5.74, 6) is -0.184. The van der Waals surface area contributed by atoms with E-state index in [2.05, 4.69) is 27.9 Å². The lowest BCUT2D eigenvalue weighted by atomic mass is 10.1. The molecule has 0 radical (unpaired) electrons. The number of unbranched alkanes of at least 4 members (excludes halogenated alkanes) is 1. The van der Waals surface area contributed by atoms with E-state index in [-0.39, 0.29) is 12.5 Å². The number of nitrogens with one attached hydrogen (secondary N) is 2. The number of rotatable bonds is 6. The van der Waals surface area contributed by atoms with Crippen molar-refractivity contribution >= 4 is 28.5 Å². The Bertz CT molecular complexity index is 936. The summed E-state index contributed by atoms with van der Waals surface area (Å²) in [6.07, 6.45) is 6.97.